The Kier molecular flexibility index (Phi) is 10.6. The lowest BCUT2D eigenvalue weighted by Crippen LogP contribution is -2.65. The fourth-order valence-electron chi connectivity index (χ4n) is 9.20. The smallest absolute Gasteiger partial charge is 0.0488 e. The molecule has 0 aromatic heterocycles. The Morgan fingerprint density at radius 3 is 0.900 bits per heavy atom. The molecule has 0 unspecified atom stereocenters. The van der Waals surface area contributed by atoms with Crippen LogP contribution in [0, 0.1) is 23.7 Å². The lowest BCUT2D eigenvalue weighted by molar-refractivity contribution is -0.550. The minimum absolute atomic E-state index is 0.436. The van der Waals surface area contributed by atoms with E-state index in [0.29, 0.717) is 0 Å². The first-order valence-electron chi connectivity index (χ1n) is 20.6. The monoisotopic (exact) mass is 792 g/mol. The van der Waals surface area contributed by atoms with Crippen molar-refractivity contribution in [2.75, 3.05) is 38.0 Å². The van der Waals surface area contributed by atoms with E-state index >= 15 is 0 Å². The second kappa shape index (κ2) is 16.1. The molecule has 2 saturated carbocycles. The van der Waals surface area contributed by atoms with Crippen LogP contribution in [0.25, 0.3) is 11.1 Å². The largest absolute Gasteiger partial charge is 0.851 e. The minimum Gasteiger partial charge on any atom is -0.851 e. The van der Waals surface area contributed by atoms with E-state index in [2.05, 4.69) is 72.4 Å². The second-order valence-corrected chi connectivity index (χ2v) is 16.4. The third-order valence-corrected chi connectivity index (χ3v) is 12.8. The summed E-state index contributed by atoms with van der Waals surface area (Å²) < 4.78 is 0. The molecule has 0 bridgehead atoms. The molecule has 0 saturated heterocycles. The van der Waals surface area contributed by atoms with E-state index in [-0.39, 0.29) is 0 Å². The number of rotatable bonds is 4. The summed E-state index contributed by atoms with van der Waals surface area (Å²) in [6.45, 7) is 0. The van der Waals surface area contributed by atoms with Gasteiger partial charge in [0.05, 0.1) is 0 Å². The van der Waals surface area contributed by atoms with Crippen LogP contribution in [0.15, 0.2) is 182 Å². The third kappa shape index (κ3) is 7.05. The molecule has 8 heteroatoms. The van der Waals surface area contributed by atoms with E-state index in [1.54, 1.807) is 0 Å². The Labute approximate surface area is 352 Å². The molecule has 0 spiro atoms. The van der Waals surface area contributed by atoms with Gasteiger partial charge in [-0.15, -0.1) is 24.4 Å². The Morgan fingerprint density at radius 2 is 0.617 bits per heavy atom. The van der Waals surface area contributed by atoms with Gasteiger partial charge in [0.25, 0.3) is 0 Å². The average Bonchev–Trinajstić information content (AvgIpc) is 3.28. The normalized spacial score (nSPS) is 26.8. The molecule has 0 radical (unpaired) electrons. The van der Waals surface area contributed by atoms with Crippen molar-refractivity contribution < 1.29 is 20.4 Å². The number of anilines is 4. The number of hydrogen-bond donors (Lipinski definition) is 0. The third-order valence-electron chi connectivity index (χ3n) is 12.8. The maximum atomic E-state index is 13.7. The summed E-state index contributed by atoms with van der Waals surface area (Å²) in [5.74, 6) is -2.02. The van der Waals surface area contributed by atoms with Crippen LogP contribution < -0.4 is 30.2 Å². The molecule has 6 aliphatic rings. The second-order valence-electron chi connectivity index (χ2n) is 16.4. The van der Waals surface area contributed by atoms with Gasteiger partial charge in [0.1, 0.15) is 0 Å². The molecule has 4 aromatic carbocycles. The van der Waals surface area contributed by atoms with Crippen molar-refractivity contribution in [2.24, 2.45) is 23.7 Å². The van der Waals surface area contributed by atoms with E-state index < -0.39 is 48.1 Å². The Hall–Kier alpha value is -6.16. The van der Waals surface area contributed by atoms with Crippen LogP contribution in [-0.4, -0.2) is 62.4 Å². The highest BCUT2D eigenvalue weighted by atomic mass is 16.3. The molecule has 4 heterocycles. The van der Waals surface area contributed by atoms with E-state index in [9.17, 15) is 20.4 Å². The van der Waals surface area contributed by atoms with Crippen LogP contribution in [0.4, 0.5) is 22.7 Å². The Bertz CT molecular complexity index is 2220. The summed E-state index contributed by atoms with van der Waals surface area (Å²) in [5.41, 5.74) is 12.4. The van der Waals surface area contributed by atoms with Gasteiger partial charge < -0.3 is 40.0 Å². The van der Waals surface area contributed by atoms with Crippen molar-refractivity contribution in [3.8, 4) is 0 Å². The fraction of sp³-hybridized carbons (Fsp3) is 0.231. The van der Waals surface area contributed by atoms with Crippen molar-refractivity contribution in [2.45, 2.75) is 24.4 Å². The molecule has 0 amide bonds. The average molecular weight is 793 g/mol. The lowest BCUT2D eigenvalue weighted by Gasteiger charge is -2.60. The van der Waals surface area contributed by atoms with Gasteiger partial charge in [-0.3, -0.25) is 0 Å². The summed E-state index contributed by atoms with van der Waals surface area (Å²) in [6, 6.07) is 32.8. The summed E-state index contributed by atoms with van der Waals surface area (Å²) in [5, 5.41) is 52.0. The highest BCUT2D eigenvalue weighted by Gasteiger charge is 2.37. The molecule has 0 atom stereocenters. The molecular weight excluding hydrogens is 745 g/mol. The number of allylic oxidation sites excluding steroid dienone is 6. The van der Waals surface area contributed by atoms with Gasteiger partial charge >= 0.3 is 0 Å². The first-order valence-corrected chi connectivity index (χ1v) is 20.6. The number of nitrogens with zero attached hydrogens (tertiary/aromatic N) is 4. The van der Waals surface area contributed by atoms with Crippen LogP contribution in [-0.2, 0) is 0 Å². The van der Waals surface area contributed by atoms with Gasteiger partial charge in [0.2, 0.25) is 0 Å². The van der Waals surface area contributed by atoms with Crippen LogP contribution in [0.1, 0.15) is 22.3 Å². The van der Waals surface area contributed by atoms with E-state index in [1.165, 1.54) is 0 Å². The maximum Gasteiger partial charge on any atom is 0.0488 e. The molecule has 2 fully saturated rings. The van der Waals surface area contributed by atoms with E-state index in [1.807, 2.05) is 146 Å². The topological polar surface area (TPSA) is 105 Å². The molecule has 60 heavy (non-hydrogen) atoms. The number of fused-ring (bicyclic) bond motifs is 4. The molecule has 4 aromatic rings. The highest BCUT2D eigenvalue weighted by Crippen LogP contribution is 2.49. The predicted octanol–water partition coefficient (Wildman–Crippen LogP) is 5.61. The fourth-order valence-corrected chi connectivity index (χ4v) is 9.20. The first kappa shape index (κ1) is 39.3. The Balaban J connectivity index is 0.000000179. The van der Waals surface area contributed by atoms with E-state index in [4.69, 9.17) is 0 Å². The van der Waals surface area contributed by atoms with Crippen molar-refractivity contribution in [1.29, 1.82) is 0 Å². The predicted molar refractivity (Wildman–Crippen MR) is 233 cm³/mol. The zero-order valence-electron chi connectivity index (χ0n) is 34.2. The van der Waals surface area contributed by atoms with Crippen LogP contribution in [0.5, 0.6) is 0 Å². The molecule has 4 aliphatic heterocycles. The van der Waals surface area contributed by atoms with Crippen LogP contribution in [0.3, 0.4) is 0 Å². The van der Waals surface area contributed by atoms with Gasteiger partial charge in [0, 0.05) is 98.0 Å². The van der Waals surface area contributed by atoms with Crippen molar-refractivity contribution >= 4 is 33.9 Å². The molecule has 8 nitrogen and oxygen atoms in total. The SMILES string of the molecule is CN1C=CC(=CC2C([O-])C(C=C3C=CN(C)C=C3)C2[O-])C=C1.CN1c2ccccc2C(=CC2C([O-])C(C=C3c4ccccc4N(C)c4ccccc43)C2[O-])c2ccccc21. The molecule has 0 N–H and O–H groups in total. The lowest BCUT2D eigenvalue weighted by atomic mass is 9.66. The van der Waals surface area contributed by atoms with Crippen molar-refractivity contribution in [1.82, 2.24) is 9.80 Å². The van der Waals surface area contributed by atoms with E-state index in [0.717, 1.165) is 67.3 Å². The summed E-state index contributed by atoms with van der Waals surface area (Å²) in [7, 11) is 7.99. The number of para-hydroxylation sites is 4. The molecule has 10 rings (SSSR count). The summed E-state index contributed by atoms with van der Waals surface area (Å²) >= 11 is 0. The van der Waals surface area contributed by atoms with Gasteiger partial charge in [-0.05, 0) is 94.5 Å². The number of hydrogen-bond acceptors (Lipinski definition) is 8. The number of benzene rings is 4. The minimum atomic E-state index is -0.990. The molecule has 2 aliphatic carbocycles. The molecular formula is C52H48N4O4-4. The van der Waals surface area contributed by atoms with Crippen molar-refractivity contribution in [3.05, 3.63) is 204 Å². The zero-order valence-corrected chi connectivity index (χ0v) is 34.2. The Morgan fingerprint density at radius 1 is 0.367 bits per heavy atom. The van der Waals surface area contributed by atoms with Crippen molar-refractivity contribution in [3.63, 3.8) is 0 Å². The zero-order chi connectivity index (χ0) is 41.7. The van der Waals surface area contributed by atoms with Crippen LogP contribution in [0.2, 0.25) is 0 Å². The van der Waals surface area contributed by atoms with Gasteiger partial charge in [-0.1, -0.05) is 97.1 Å². The van der Waals surface area contributed by atoms with Crippen LogP contribution >= 0.6 is 0 Å². The highest BCUT2D eigenvalue weighted by molar-refractivity contribution is 5.99. The van der Waals surface area contributed by atoms with Gasteiger partial charge in [0.15, 0.2) is 0 Å². The summed E-state index contributed by atoms with van der Waals surface area (Å²) in [6.07, 6.45) is 19.2. The molecule has 304 valence electrons. The quantitative estimate of drug-likeness (QED) is 0.263. The van der Waals surface area contributed by atoms with Gasteiger partial charge in [-0.25, -0.2) is 0 Å². The summed E-state index contributed by atoms with van der Waals surface area (Å²) in [4.78, 5) is 8.20. The van der Waals surface area contributed by atoms with Gasteiger partial charge in [-0.2, -0.15) is 0 Å². The standard InChI is InChI=1S/C34H28N2O2.C18H20N2O2/c1-35-29-15-7-3-11-21(29)25(22-12-4-8-16-30(22)35)19-27-33(37)28(34(27)38)20-26-23-13-5-9-17-31(23)36(2)32-18-10-6-14-24(26)32;1-19-7-3-13(4-8-19)11-15-17(21)16(18(15)22)12-14-5-9-20(2)10-6-14/h3-20,27-28,33-34H,1-2H3;3-12,15-18H,1-2H3/q2*-2. The first-order chi connectivity index (χ1) is 29.1. The maximum absolute atomic E-state index is 13.7.